The predicted octanol–water partition coefficient (Wildman–Crippen LogP) is 2.49. The van der Waals surface area contributed by atoms with E-state index in [1.54, 1.807) is 24.5 Å². The summed E-state index contributed by atoms with van der Waals surface area (Å²) in [6.07, 6.45) is 4.83. The Kier molecular flexibility index (Phi) is 4.16. The zero-order valence-electron chi connectivity index (χ0n) is 12.2. The Bertz CT molecular complexity index is 849. The normalized spacial score (nSPS) is 10.2. The molecule has 3 aromatic rings. The van der Waals surface area contributed by atoms with E-state index in [0.717, 1.165) is 11.1 Å². The Morgan fingerprint density at radius 2 is 2.13 bits per heavy atom. The van der Waals surface area contributed by atoms with Crippen LogP contribution in [0.2, 0.25) is 0 Å². The number of imidazole rings is 1. The molecule has 1 N–H and O–H groups in total. The van der Waals surface area contributed by atoms with Gasteiger partial charge in [-0.25, -0.2) is 4.98 Å². The van der Waals surface area contributed by atoms with Crippen LogP contribution < -0.4 is 9.47 Å². The number of fused-ring (bicyclic) bond motifs is 1. The van der Waals surface area contributed by atoms with Crippen molar-refractivity contribution >= 4 is 11.0 Å². The summed E-state index contributed by atoms with van der Waals surface area (Å²) in [4.78, 5) is 7.62. The van der Waals surface area contributed by atoms with Gasteiger partial charge in [0.2, 0.25) is 0 Å². The number of hydrogen-bond donors (Lipinski definition) is 1. The molecule has 0 unspecified atom stereocenters. The van der Waals surface area contributed by atoms with Gasteiger partial charge in [-0.15, -0.1) is 0 Å². The lowest BCUT2D eigenvalue weighted by Crippen LogP contribution is -1.99. The smallest absolute Gasteiger partial charge is 0.174 e. The molecule has 0 atom stereocenters. The van der Waals surface area contributed by atoms with Gasteiger partial charge >= 0.3 is 0 Å². The molecule has 0 spiro atoms. The van der Waals surface area contributed by atoms with Gasteiger partial charge in [0.05, 0.1) is 23.5 Å². The number of rotatable bonds is 6. The van der Waals surface area contributed by atoms with Crippen LogP contribution in [0.3, 0.4) is 0 Å². The Hall–Kier alpha value is -3.40. The van der Waals surface area contributed by atoms with Crippen molar-refractivity contribution in [3.63, 3.8) is 0 Å². The lowest BCUT2D eigenvalue weighted by Gasteiger charge is -2.10. The minimum Gasteiger partial charge on any atom is -0.489 e. The van der Waals surface area contributed by atoms with Crippen LogP contribution in [0, 0.1) is 11.3 Å². The second-order valence-electron chi connectivity index (χ2n) is 4.58. The fourth-order valence-electron chi connectivity index (χ4n) is 2.08. The lowest BCUT2D eigenvalue weighted by molar-refractivity contribution is 0.348. The molecule has 0 radical (unpaired) electrons. The first-order chi connectivity index (χ1) is 11.3. The van der Waals surface area contributed by atoms with Crippen LogP contribution in [-0.2, 0) is 0 Å². The predicted molar refractivity (Wildman–Crippen MR) is 83.9 cm³/mol. The maximum absolute atomic E-state index is 8.75. The molecule has 3 rings (SSSR count). The van der Waals surface area contributed by atoms with Crippen LogP contribution in [0.4, 0.5) is 0 Å². The number of nitrogens with one attached hydrogen (secondary N) is 1. The van der Waals surface area contributed by atoms with Crippen molar-refractivity contribution in [1.82, 2.24) is 20.2 Å². The molecule has 0 aliphatic carbocycles. The van der Waals surface area contributed by atoms with Crippen molar-refractivity contribution in [1.29, 1.82) is 5.26 Å². The SMILES string of the molecule is C=CCOc1ccc(-c2nc3cnncc3[nH]2)c(OCC#N)c1. The highest BCUT2D eigenvalue weighted by molar-refractivity contribution is 5.79. The number of benzene rings is 1. The largest absolute Gasteiger partial charge is 0.489 e. The second kappa shape index (κ2) is 6.58. The van der Waals surface area contributed by atoms with Gasteiger partial charge in [-0.1, -0.05) is 12.7 Å². The molecule has 0 bridgehead atoms. The Morgan fingerprint density at radius 1 is 1.26 bits per heavy atom. The molecule has 0 saturated carbocycles. The van der Waals surface area contributed by atoms with E-state index < -0.39 is 0 Å². The highest BCUT2D eigenvalue weighted by Crippen LogP contribution is 2.32. The highest BCUT2D eigenvalue weighted by Gasteiger charge is 2.13. The van der Waals surface area contributed by atoms with Crippen LogP contribution in [-0.4, -0.2) is 33.4 Å². The second-order valence-corrected chi connectivity index (χ2v) is 4.58. The van der Waals surface area contributed by atoms with E-state index in [9.17, 15) is 0 Å². The maximum Gasteiger partial charge on any atom is 0.174 e. The number of nitrogens with zero attached hydrogens (tertiary/aromatic N) is 4. The molecular weight excluding hydrogens is 294 g/mol. The molecule has 0 amide bonds. The van der Waals surface area contributed by atoms with Crippen LogP contribution in [0.25, 0.3) is 22.4 Å². The van der Waals surface area contributed by atoms with Crippen molar-refractivity contribution in [2.24, 2.45) is 0 Å². The first-order valence-corrected chi connectivity index (χ1v) is 6.86. The molecule has 23 heavy (non-hydrogen) atoms. The van der Waals surface area contributed by atoms with Gasteiger partial charge in [0, 0.05) is 6.07 Å². The van der Waals surface area contributed by atoms with E-state index in [1.165, 1.54) is 0 Å². The van der Waals surface area contributed by atoms with E-state index in [2.05, 4.69) is 26.7 Å². The van der Waals surface area contributed by atoms with Gasteiger partial charge in [-0.05, 0) is 12.1 Å². The van der Waals surface area contributed by atoms with E-state index >= 15 is 0 Å². The van der Waals surface area contributed by atoms with Gasteiger partial charge in [0.15, 0.2) is 6.61 Å². The van der Waals surface area contributed by atoms with E-state index in [-0.39, 0.29) is 6.61 Å². The highest BCUT2D eigenvalue weighted by atomic mass is 16.5. The minimum atomic E-state index is -0.0682. The zero-order chi connectivity index (χ0) is 16.1. The molecule has 7 nitrogen and oxygen atoms in total. The molecule has 0 aliphatic heterocycles. The van der Waals surface area contributed by atoms with Gasteiger partial charge in [0.25, 0.3) is 0 Å². The standard InChI is InChI=1S/C16H13N5O2/c1-2-6-22-11-3-4-12(15(8-11)23-7-5-17)16-20-13-9-18-19-10-14(13)21-16/h2-4,8-10H,1,6-7H2,(H,20,21). The summed E-state index contributed by atoms with van der Waals surface area (Å²) in [7, 11) is 0. The summed E-state index contributed by atoms with van der Waals surface area (Å²) in [6, 6.07) is 7.31. The van der Waals surface area contributed by atoms with Crippen molar-refractivity contribution < 1.29 is 9.47 Å². The summed E-state index contributed by atoms with van der Waals surface area (Å²) in [5, 5.41) is 16.4. The first-order valence-electron chi connectivity index (χ1n) is 6.86. The average Bonchev–Trinajstić information content (AvgIpc) is 3.02. The van der Waals surface area contributed by atoms with Crippen molar-refractivity contribution in [2.75, 3.05) is 13.2 Å². The van der Waals surface area contributed by atoms with Crippen LogP contribution >= 0.6 is 0 Å². The molecule has 7 heteroatoms. The molecule has 0 fully saturated rings. The third kappa shape index (κ3) is 3.11. The number of aromatic nitrogens is 4. The summed E-state index contributed by atoms with van der Waals surface area (Å²) in [5.74, 6) is 1.74. The Labute approximate surface area is 132 Å². The molecule has 1 aromatic carbocycles. The summed E-state index contributed by atoms with van der Waals surface area (Å²) < 4.78 is 11.0. The molecule has 0 aliphatic rings. The van der Waals surface area contributed by atoms with E-state index in [4.69, 9.17) is 14.7 Å². The molecule has 114 valence electrons. The third-order valence-electron chi connectivity index (χ3n) is 3.06. The summed E-state index contributed by atoms with van der Waals surface area (Å²) in [6.45, 7) is 3.93. The van der Waals surface area contributed by atoms with Gasteiger partial charge in [0.1, 0.15) is 35.5 Å². The van der Waals surface area contributed by atoms with Crippen molar-refractivity contribution in [2.45, 2.75) is 0 Å². The summed E-state index contributed by atoms with van der Waals surface area (Å²) >= 11 is 0. The van der Waals surface area contributed by atoms with Gasteiger partial charge in [-0.2, -0.15) is 15.5 Å². The fourth-order valence-corrected chi connectivity index (χ4v) is 2.08. The van der Waals surface area contributed by atoms with E-state index in [1.807, 2.05) is 18.2 Å². The zero-order valence-corrected chi connectivity index (χ0v) is 12.2. The quantitative estimate of drug-likeness (QED) is 0.703. The third-order valence-corrected chi connectivity index (χ3v) is 3.06. The molecule has 2 aromatic heterocycles. The first kappa shape index (κ1) is 14.5. The molecule has 2 heterocycles. The number of ether oxygens (including phenoxy) is 2. The number of hydrogen-bond acceptors (Lipinski definition) is 6. The monoisotopic (exact) mass is 307 g/mol. The maximum atomic E-state index is 8.75. The molecular formula is C16H13N5O2. The topological polar surface area (TPSA) is 96.7 Å². The van der Waals surface area contributed by atoms with Crippen LogP contribution in [0.1, 0.15) is 0 Å². The average molecular weight is 307 g/mol. The minimum absolute atomic E-state index is 0.0682. The van der Waals surface area contributed by atoms with Gasteiger partial charge in [-0.3, -0.25) is 0 Å². The van der Waals surface area contributed by atoms with Crippen molar-refractivity contribution in [3.8, 4) is 29.0 Å². The van der Waals surface area contributed by atoms with Crippen LogP contribution in [0.15, 0.2) is 43.2 Å². The molecule has 0 saturated heterocycles. The number of aromatic amines is 1. The summed E-state index contributed by atoms with van der Waals surface area (Å²) in [5.41, 5.74) is 2.20. The van der Waals surface area contributed by atoms with Crippen LogP contribution in [0.5, 0.6) is 11.5 Å². The number of H-pyrrole nitrogens is 1. The Morgan fingerprint density at radius 3 is 2.91 bits per heavy atom. The fraction of sp³-hybridized carbons (Fsp3) is 0.125. The van der Waals surface area contributed by atoms with Gasteiger partial charge < -0.3 is 14.5 Å². The number of nitriles is 1. The lowest BCUT2D eigenvalue weighted by atomic mass is 10.2. The van der Waals surface area contributed by atoms with Crippen molar-refractivity contribution in [3.05, 3.63) is 43.2 Å². The Balaban J connectivity index is 2.02. The van der Waals surface area contributed by atoms with E-state index in [0.29, 0.717) is 29.4 Å².